The molecule has 0 spiro atoms. The minimum Gasteiger partial charge on any atom is -0.356 e. The molecule has 1 N–H and O–H groups in total. The highest BCUT2D eigenvalue weighted by atomic mass is 32.2. The summed E-state index contributed by atoms with van der Waals surface area (Å²) in [7, 11) is 0. The van der Waals surface area contributed by atoms with Crippen molar-refractivity contribution in [1.82, 2.24) is 19.9 Å². The highest BCUT2D eigenvalue weighted by molar-refractivity contribution is 7.98. The minimum atomic E-state index is 0.00601. The van der Waals surface area contributed by atoms with Gasteiger partial charge in [0.15, 0.2) is 5.16 Å². The number of anilines is 1. The quantitative estimate of drug-likeness (QED) is 0.658. The van der Waals surface area contributed by atoms with Gasteiger partial charge in [0.2, 0.25) is 0 Å². The fraction of sp³-hybridized carbons (Fsp3) is 0.526. The van der Waals surface area contributed by atoms with Crippen LogP contribution in [-0.2, 0) is 19.5 Å². The molecule has 0 atom stereocenters. The molecule has 4 rings (SSSR count). The topological polar surface area (TPSA) is 65.1 Å². The maximum Gasteiger partial charge on any atom is 0.256 e. The third kappa shape index (κ3) is 3.64. The van der Waals surface area contributed by atoms with Crippen LogP contribution in [-0.4, -0.2) is 45.7 Å². The first-order valence-electron chi connectivity index (χ1n) is 9.32. The smallest absolute Gasteiger partial charge is 0.256 e. The van der Waals surface area contributed by atoms with Crippen LogP contribution >= 0.6 is 11.8 Å². The van der Waals surface area contributed by atoms with Crippen LogP contribution in [0.2, 0.25) is 0 Å². The molecule has 0 radical (unpaired) electrons. The predicted molar refractivity (Wildman–Crippen MR) is 105 cm³/mol. The number of aromatic amines is 1. The molecule has 1 saturated heterocycles. The maximum atomic E-state index is 12.4. The van der Waals surface area contributed by atoms with Crippen LogP contribution in [0.4, 0.5) is 5.82 Å². The molecular weight excluding hydrogens is 346 g/mol. The summed E-state index contributed by atoms with van der Waals surface area (Å²) in [6.45, 7) is 4.58. The van der Waals surface area contributed by atoms with Gasteiger partial charge >= 0.3 is 0 Å². The summed E-state index contributed by atoms with van der Waals surface area (Å²) in [5, 5.41) is 0.710. The first-order valence-corrected chi connectivity index (χ1v) is 10.5. The Hall–Kier alpha value is -1.86. The average molecular weight is 372 g/mol. The lowest BCUT2D eigenvalue weighted by Gasteiger charge is -2.32. The third-order valence-corrected chi connectivity index (χ3v) is 5.82. The zero-order valence-corrected chi connectivity index (χ0v) is 16.0. The molecule has 2 aliphatic rings. The maximum absolute atomic E-state index is 12.4. The molecule has 0 aliphatic carbocycles. The average Bonchev–Trinajstić information content (AvgIpc) is 2.69. The molecule has 7 heteroatoms. The summed E-state index contributed by atoms with van der Waals surface area (Å²) in [5.74, 6) is 1.11. The SMILES string of the molecule is CSc1nc2c(c(=O)[nH]1)CN(Cc1cccnc1N1CCCCC1)CC2. The number of aromatic nitrogens is 3. The summed E-state index contributed by atoms with van der Waals surface area (Å²) in [4.78, 5) is 29.3. The van der Waals surface area contributed by atoms with Crippen molar-refractivity contribution >= 4 is 17.6 Å². The molecule has 26 heavy (non-hydrogen) atoms. The van der Waals surface area contributed by atoms with Crippen LogP contribution in [0.25, 0.3) is 0 Å². The molecule has 6 nitrogen and oxygen atoms in total. The second kappa shape index (κ2) is 7.80. The van der Waals surface area contributed by atoms with Crippen LogP contribution in [0.5, 0.6) is 0 Å². The molecule has 0 amide bonds. The Morgan fingerprint density at radius 3 is 2.88 bits per heavy atom. The van der Waals surface area contributed by atoms with Gasteiger partial charge in [0.25, 0.3) is 5.56 Å². The Balaban J connectivity index is 1.53. The summed E-state index contributed by atoms with van der Waals surface area (Å²) in [6.07, 6.45) is 8.45. The minimum absolute atomic E-state index is 0.00601. The molecule has 2 aromatic rings. The van der Waals surface area contributed by atoms with Crippen LogP contribution in [0.1, 0.15) is 36.1 Å². The molecular formula is C19H25N5OS. The molecule has 2 aromatic heterocycles. The van der Waals surface area contributed by atoms with E-state index in [9.17, 15) is 4.79 Å². The van der Waals surface area contributed by atoms with Crippen molar-refractivity contribution in [2.75, 3.05) is 30.8 Å². The number of hydrogen-bond donors (Lipinski definition) is 1. The highest BCUT2D eigenvalue weighted by Crippen LogP contribution is 2.25. The van der Waals surface area contributed by atoms with E-state index in [1.165, 1.54) is 36.6 Å². The van der Waals surface area contributed by atoms with E-state index in [1.807, 2.05) is 18.5 Å². The zero-order valence-electron chi connectivity index (χ0n) is 15.2. The number of H-pyrrole nitrogens is 1. The molecule has 4 heterocycles. The standard InChI is InChI=1S/C19H25N5OS/c1-26-19-21-16-7-11-23(13-15(16)18(25)22-19)12-14-6-5-8-20-17(14)24-9-3-2-4-10-24/h5-6,8H,2-4,7,9-13H2,1H3,(H,21,22,25). The summed E-state index contributed by atoms with van der Waals surface area (Å²) in [6, 6.07) is 4.19. The molecule has 1 fully saturated rings. The lowest BCUT2D eigenvalue weighted by Crippen LogP contribution is -2.36. The van der Waals surface area contributed by atoms with Crippen molar-refractivity contribution in [1.29, 1.82) is 0 Å². The van der Waals surface area contributed by atoms with Crippen LogP contribution in [0.3, 0.4) is 0 Å². The lowest BCUT2D eigenvalue weighted by molar-refractivity contribution is 0.240. The molecule has 2 aliphatic heterocycles. The fourth-order valence-electron chi connectivity index (χ4n) is 3.87. The Morgan fingerprint density at radius 1 is 1.23 bits per heavy atom. The predicted octanol–water partition coefficient (Wildman–Crippen LogP) is 2.44. The van der Waals surface area contributed by atoms with E-state index in [0.29, 0.717) is 11.7 Å². The van der Waals surface area contributed by atoms with Crippen molar-refractivity contribution in [2.45, 2.75) is 43.9 Å². The molecule has 138 valence electrons. The Kier molecular flexibility index (Phi) is 5.26. The largest absolute Gasteiger partial charge is 0.356 e. The fourth-order valence-corrected chi connectivity index (χ4v) is 4.27. The normalized spacial score (nSPS) is 18.0. The van der Waals surface area contributed by atoms with Crippen molar-refractivity contribution in [3.63, 3.8) is 0 Å². The van der Waals surface area contributed by atoms with Crippen LogP contribution < -0.4 is 10.5 Å². The van der Waals surface area contributed by atoms with Crippen molar-refractivity contribution in [3.8, 4) is 0 Å². The monoisotopic (exact) mass is 371 g/mol. The third-order valence-electron chi connectivity index (χ3n) is 5.24. The van der Waals surface area contributed by atoms with Crippen molar-refractivity contribution < 1.29 is 0 Å². The number of rotatable bonds is 4. The summed E-state index contributed by atoms with van der Waals surface area (Å²) >= 11 is 1.48. The first kappa shape index (κ1) is 17.5. The van der Waals surface area contributed by atoms with Crippen molar-refractivity contribution in [3.05, 3.63) is 45.5 Å². The Bertz CT molecular complexity index is 831. The second-order valence-corrected chi connectivity index (χ2v) is 7.79. The number of fused-ring (bicyclic) bond motifs is 1. The summed E-state index contributed by atoms with van der Waals surface area (Å²) in [5.41, 5.74) is 3.03. The van der Waals surface area contributed by atoms with Gasteiger partial charge in [0.05, 0.1) is 11.3 Å². The van der Waals surface area contributed by atoms with Crippen LogP contribution in [0, 0.1) is 0 Å². The Labute approximate surface area is 158 Å². The molecule has 0 saturated carbocycles. The van der Waals surface area contributed by atoms with Gasteiger partial charge in [-0.25, -0.2) is 9.97 Å². The number of nitrogens with one attached hydrogen (secondary N) is 1. The number of piperidine rings is 1. The number of thioether (sulfide) groups is 1. The van der Waals surface area contributed by atoms with E-state index in [-0.39, 0.29) is 5.56 Å². The van der Waals surface area contributed by atoms with E-state index < -0.39 is 0 Å². The lowest BCUT2D eigenvalue weighted by atomic mass is 10.1. The van der Waals surface area contributed by atoms with E-state index in [2.05, 4.69) is 30.8 Å². The zero-order chi connectivity index (χ0) is 17.9. The van der Waals surface area contributed by atoms with Crippen LogP contribution in [0.15, 0.2) is 28.3 Å². The van der Waals surface area contributed by atoms with Gasteiger partial charge in [-0.1, -0.05) is 17.8 Å². The van der Waals surface area contributed by atoms with Gasteiger partial charge in [-0.05, 0) is 31.6 Å². The Morgan fingerprint density at radius 2 is 2.08 bits per heavy atom. The number of nitrogens with zero attached hydrogens (tertiary/aromatic N) is 4. The molecule has 0 bridgehead atoms. The van der Waals surface area contributed by atoms with Gasteiger partial charge < -0.3 is 9.88 Å². The molecule has 0 unspecified atom stereocenters. The van der Waals surface area contributed by atoms with Gasteiger partial charge in [0.1, 0.15) is 5.82 Å². The van der Waals surface area contributed by atoms with E-state index in [0.717, 1.165) is 49.7 Å². The summed E-state index contributed by atoms with van der Waals surface area (Å²) < 4.78 is 0. The second-order valence-electron chi connectivity index (χ2n) is 6.99. The van der Waals surface area contributed by atoms with E-state index in [4.69, 9.17) is 0 Å². The van der Waals surface area contributed by atoms with Crippen molar-refractivity contribution in [2.24, 2.45) is 0 Å². The van der Waals surface area contributed by atoms with E-state index >= 15 is 0 Å². The number of hydrogen-bond acceptors (Lipinski definition) is 6. The van der Waals surface area contributed by atoms with E-state index in [1.54, 1.807) is 0 Å². The number of pyridine rings is 1. The van der Waals surface area contributed by atoms with Gasteiger partial charge in [-0.3, -0.25) is 9.69 Å². The van der Waals surface area contributed by atoms with Gasteiger partial charge in [-0.15, -0.1) is 0 Å². The first-order chi connectivity index (χ1) is 12.7. The van der Waals surface area contributed by atoms with Gasteiger partial charge in [-0.2, -0.15) is 0 Å². The van der Waals surface area contributed by atoms with Gasteiger partial charge in [0, 0.05) is 50.9 Å². The highest BCUT2D eigenvalue weighted by Gasteiger charge is 2.23. The molecule has 0 aromatic carbocycles.